The molecule has 1 amide bonds. The van der Waals surface area contributed by atoms with Crippen LogP contribution in [-0.4, -0.2) is 22.7 Å². The molecule has 0 radical (unpaired) electrons. The zero-order valence-corrected chi connectivity index (χ0v) is 16.6. The molecule has 1 atom stereocenters. The molecule has 1 aliphatic heterocycles. The maximum atomic E-state index is 12.8. The van der Waals surface area contributed by atoms with Crippen molar-refractivity contribution in [2.45, 2.75) is 20.3 Å². The maximum Gasteiger partial charge on any atom is 0.331 e. The van der Waals surface area contributed by atoms with Crippen molar-refractivity contribution >= 4 is 45.3 Å². The zero-order valence-electron chi connectivity index (χ0n) is 15.0. The van der Waals surface area contributed by atoms with E-state index >= 15 is 0 Å². The van der Waals surface area contributed by atoms with Crippen LogP contribution in [0.3, 0.4) is 0 Å². The van der Waals surface area contributed by atoms with E-state index in [0.29, 0.717) is 11.4 Å². The van der Waals surface area contributed by atoms with Gasteiger partial charge in [-0.15, -0.1) is 0 Å². The van der Waals surface area contributed by atoms with E-state index in [-0.39, 0.29) is 17.9 Å². The Bertz CT molecular complexity index is 931. The molecule has 5 nitrogen and oxygen atoms in total. The van der Waals surface area contributed by atoms with Crippen molar-refractivity contribution < 1.29 is 14.7 Å². The standard InChI is InChI=1S/C21H19BrN2O3/c1-13-3-9-18(10-4-13)24-20(25)19(14(2)23-24)12-16(21(26)27)11-15-5-7-17(22)8-6-15/h3-11,19H,12H2,1-2H3,(H,26,27). The monoisotopic (exact) mass is 426 g/mol. The normalized spacial score (nSPS) is 17.2. The molecular formula is C21H19BrN2O3. The van der Waals surface area contributed by atoms with Gasteiger partial charge in [0.25, 0.3) is 5.91 Å². The molecule has 0 saturated heterocycles. The van der Waals surface area contributed by atoms with E-state index in [4.69, 9.17) is 0 Å². The summed E-state index contributed by atoms with van der Waals surface area (Å²) in [5.74, 6) is -1.82. The van der Waals surface area contributed by atoms with Crippen LogP contribution in [0.5, 0.6) is 0 Å². The lowest BCUT2D eigenvalue weighted by Crippen LogP contribution is -2.28. The van der Waals surface area contributed by atoms with Crippen molar-refractivity contribution in [2.24, 2.45) is 11.0 Å². The van der Waals surface area contributed by atoms with Crippen molar-refractivity contribution in [3.8, 4) is 0 Å². The molecule has 0 fully saturated rings. The number of rotatable bonds is 5. The zero-order chi connectivity index (χ0) is 19.6. The minimum absolute atomic E-state index is 0.0991. The molecule has 138 valence electrons. The topological polar surface area (TPSA) is 70.0 Å². The highest BCUT2D eigenvalue weighted by Crippen LogP contribution is 2.28. The number of amides is 1. The van der Waals surface area contributed by atoms with Gasteiger partial charge in [-0.2, -0.15) is 5.10 Å². The first-order valence-corrected chi connectivity index (χ1v) is 9.29. The highest BCUT2D eigenvalue weighted by Gasteiger charge is 2.35. The molecule has 3 rings (SSSR count). The van der Waals surface area contributed by atoms with E-state index in [1.54, 1.807) is 13.0 Å². The first-order valence-electron chi connectivity index (χ1n) is 8.50. The number of anilines is 1. The van der Waals surface area contributed by atoms with Gasteiger partial charge < -0.3 is 5.11 Å². The largest absolute Gasteiger partial charge is 0.478 e. The van der Waals surface area contributed by atoms with Gasteiger partial charge in [0.2, 0.25) is 0 Å². The quantitative estimate of drug-likeness (QED) is 0.706. The summed E-state index contributed by atoms with van der Waals surface area (Å²) in [5.41, 5.74) is 3.33. The number of carbonyl (C=O) groups is 2. The molecule has 1 N–H and O–H groups in total. The molecule has 0 aliphatic carbocycles. The molecular weight excluding hydrogens is 408 g/mol. The molecule has 0 bridgehead atoms. The molecule has 0 saturated carbocycles. The Hall–Kier alpha value is -2.73. The fraction of sp³-hybridized carbons (Fsp3) is 0.190. The third-order valence-electron chi connectivity index (χ3n) is 4.46. The van der Waals surface area contributed by atoms with Crippen LogP contribution in [0.4, 0.5) is 5.69 Å². The summed E-state index contributed by atoms with van der Waals surface area (Å²) < 4.78 is 0.916. The van der Waals surface area contributed by atoms with Crippen molar-refractivity contribution in [2.75, 3.05) is 5.01 Å². The lowest BCUT2D eigenvalue weighted by atomic mass is 9.94. The number of carboxylic acids is 1. The number of benzene rings is 2. The van der Waals surface area contributed by atoms with Gasteiger partial charge in [0, 0.05) is 15.8 Å². The van der Waals surface area contributed by atoms with Crippen LogP contribution in [0.25, 0.3) is 6.08 Å². The lowest BCUT2D eigenvalue weighted by molar-refractivity contribution is -0.132. The second kappa shape index (κ2) is 7.88. The molecule has 1 heterocycles. The van der Waals surface area contributed by atoms with E-state index in [1.165, 1.54) is 5.01 Å². The van der Waals surface area contributed by atoms with Gasteiger partial charge in [-0.1, -0.05) is 45.8 Å². The first kappa shape index (κ1) is 19.0. The van der Waals surface area contributed by atoms with Crippen LogP contribution in [0.1, 0.15) is 24.5 Å². The molecule has 0 spiro atoms. The van der Waals surface area contributed by atoms with Crippen molar-refractivity contribution in [3.05, 3.63) is 69.7 Å². The highest BCUT2D eigenvalue weighted by molar-refractivity contribution is 9.10. The Morgan fingerprint density at radius 1 is 1.15 bits per heavy atom. The predicted octanol–water partition coefficient (Wildman–Crippen LogP) is 4.65. The summed E-state index contributed by atoms with van der Waals surface area (Å²) in [4.78, 5) is 24.6. The van der Waals surface area contributed by atoms with Crippen LogP contribution < -0.4 is 5.01 Å². The number of aryl methyl sites for hydroxylation is 1. The average Bonchev–Trinajstić information content (AvgIpc) is 2.91. The molecule has 2 aromatic carbocycles. The number of carboxylic acid groups (broad SMARTS) is 1. The summed E-state index contributed by atoms with van der Waals surface area (Å²) in [6, 6.07) is 14.8. The number of hydrogen-bond acceptors (Lipinski definition) is 3. The van der Waals surface area contributed by atoms with Crippen molar-refractivity contribution in [1.82, 2.24) is 0 Å². The predicted molar refractivity (Wildman–Crippen MR) is 110 cm³/mol. The van der Waals surface area contributed by atoms with E-state index in [0.717, 1.165) is 15.6 Å². The van der Waals surface area contributed by atoms with Gasteiger partial charge in [-0.3, -0.25) is 4.79 Å². The number of carbonyl (C=O) groups excluding carboxylic acids is 1. The Morgan fingerprint density at radius 3 is 2.37 bits per heavy atom. The van der Waals surface area contributed by atoms with Crippen LogP contribution >= 0.6 is 15.9 Å². The molecule has 2 aromatic rings. The Kier molecular flexibility index (Phi) is 5.56. The lowest BCUT2D eigenvalue weighted by Gasteiger charge is -2.15. The van der Waals surface area contributed by atoms with Crippen LogP contribution in [0.2, 0.25) is 0 Å². The Morgan fingerprint density at radius 2 is 1.78 bits per heavy atom. The molecule has 27 heavy (non-hydrogen) atoms. The Labute approximate surface area is 166 Å². The van der Waals surface area contributed by atoms with E-state index in [9.17, 15) is 14.7 Å². The maximum absolute atomic E-state index is 12.8. The van der Waals surface area contributed by atoms with Gasteiger partial charge in [0.1, 0.15) is 0 Å². The number of hydrogen-bond donors (Lipinski definition) is 1. The first-order chi connectivity index (χ1) is 12.8. The fourth-order valence-corrected chi connectivity index (χ4v) is 3.16. The number of nitrogens with zero attached hydrogens (tertiary/aromatic N) is 2. The molecule has 1 unspecified atom stereocenters. The molecule has 6 heteroatoms. The average molecular weight is 427 g/mol. The van der Waals surface area contributed by atoms with Crippen molar-refractivity contribution in [1.29, 1.82) is 0 Å². The minimum atomic E-state index is -1.03. The van der Waals surface area contributed by atoms with Crippen LogP contribution in [-0.2, 0) is 9.59 Å². The summed E-state index contributed by atoms with van der Waals surface area (Å²) >= 11 is 3.36. The third kappa shape index (κ3) is 4.34. The van der Waals surface area contributed by atoms with Gasteiger partial charge in [0.15, 0.2) is 0 Å². The number of hydrazone groups is 1. The second-order valence-electron chi connectivity index (χ2n) is 6.51. The fourth-order valence-electron chi connectivity index (χ4n) is 2.90. The Balaban J connectivity index is 1.83. The van der Waals surface area contributed by atoms with E-state index < -0.39 is 11.9 Å². The molecule has 1 aliphatic rings. The molecule has 0 aromatic heterocycles. The number of aliphatic carboxylic acids is 1. The summed E-state index contributed by atoms with van der Waals surface area (Å²) in [6.07, 6.45) is 1.70. The number of halogens is 1. The summed E-state index contributed by atoms with van der Waals surface area (Å²) in [7, 11) is 0. The van der Waals surface area contributed by atoms with Gasteiger partial charge in [-0.05, 0) is 56.2 Å². The minimum Gasteiger partial charge on any atom is -0.478 e. The van der Waals surface area contributed by atoms with Gasteiger partial charge in [0.05, 0.1) is 11.6 Å². The van der Waals surface area contributed by atoms with Crippen LogP contribution in [0.15, 0.2) is 63.7 Å². The third-order valence-corrected chi connectivity index (χ3v) is 4.99. The van der Waals surface area contributed by atoms with E-state index in [1.807, 2.05) is 55.5 Å². The summed E-state index contributed by atoms with van der Waals surface area (Å²) in [6.45, 7) is 3.73. The van der Waals surface area contributed by atoms with Gasteiger partial charge in [-0.25, -0.2) is 9.80 Å². The highest BCUT2D eigenvalue weighted by atomic mass is 79.9. The van der Waals surface area contributed by atoms with E-state index in [2.05, 4.69) is 21.0 Å². The second-order valence-corrected chi connectivity index (χ2v) is 7.43. The SMILES string of the molecule is CC1=NN(c2ccc(C)cc2)C(=O)C1CC(=Cc1ccc(Br)cc1)C(=O)O. The van der Waals surface area contributed by atoms with Crippen LogP contribution in [0, 0.1) is 12.8 Å². The van der Waals surface area contributed by atoms with Crippen molar-refractivity contribution in [3.63, 3.8) is 0 Å². The smallest absolute Gasteiger partial charge is 0.331 e. The summed E-state index contributed by atoms with van der Waals surface area (Å²) in [5, 5.41) is 15.3. The van der Waals surface area contributed by atoms with Gasteiger partial charge >= 0.3 is 5.97 Å².